The van der Waals surface area contributed by atoms with Crippen LogP contribution in [0.2, 0.25) is 0 Å². The number of piperidine rings is 1. The molecule has 0 aliphatic carbocycles. The molecule has 0 N–H and O–H groups in total. The maximum Gasteiger partial charge on any atom is 0.161 e. The molecular weight excluding hydrogens is 217 g/mol. The summed E-state index contributed by atoms with van der Waals surface area (Å²) >= 11 is 0. The molecular formula is C14H18FNO. The Hall–Kier alpha value is -1.38. The Labute approximate surface area is 101 Å². The van der Waals surface area contributed by atoms with Gasteiger partial charge in [-0.15, -0.1) is 0 Å². The minimum absolute atomic E-state index is 0.0712. The van der Waals surface area contributed by atoms with Gasteiger partial charge in [-0.05, 0) is 43.9 Å². The fourth-order valence-electron chi connectivity index (χ4n) is 2.32. The van der Waals surface area contributed by atoms with E-state index in [2.05, 4.69) is 11.8 Å². The number of benzene rings is 1. The molecule has 2 nitrogen and oxygen atoms in total. The van der Waals surface area contributed by atoms with E-state index in [0.717, 1.165) is 37.5 Å². The molecule has 0 unspecified atom stereocenters. The molecule has 0 radical (unpaired) electrons. The Morgan fingerprint density at radius 3 is 2.59 bits per heavy atom. The van der Waals surface area contributed by atoms with Gasteiger partial charge in [0, 0.05) is 24.3 Å². The average Bonchev–Trinajstić information content (AvgIpc) is 2.30. The number of Topliss-reactive ketones (excluding diaryl/α,β-unsaturated/α-hetero) is 1. The Bertz CT molecular complexity index is 422. The summed E-state index contributed by atoms with van der Waals surface area (Å²) in [7, 11) is 0. The summed E-state index contributed by atoms with van der Waals surface area (Å²) in [5, 5.41) is 0. The Morgan fingerprint density at radius 1 is 1.35 bits per heavy atom. The lowest BCUT2D eigenvalue weighted by Gasteiger charge is -2.33. The van der Waals surface area contributed by atoms with Gasteiger partial charge in [-0.3, -0.25) is 4.79 Å². The van der Waals surface area contributed by atoms with Crippen molar-refractivity contribution in [2.75, 3.05) is 18.0 Å². The highest BCUT2D eigenvalue weighted by Crippen LogP contribution is 2.27. The van der Waals surface area contributed by atoms with Crippen LogP contribution in [-0.4, -0.2) is 18.9 Å². The Morgan fingerprint density at radius 2 is 2.00 bits per heavy atom. The maximum atomic E-state index is 13.2. The predicted octanol–water partition coefficient (Wildman–Crippen LogP) is 3.26. The minimum atomic E-state index is -0.343. The third kappa shape index (κ3) is 2.65. The summed E-state index contributed by atoms with van der Waals surface area (Å²) in [5.41, 5.74) is 1.38. The number of ketones is 1. The smallest absolute Gasteiger partial charge is 0.161 e. The number of carbonyl (C=O) groups excluding carboxylic acids is 1. The highest BCUT2D eigenvalue weighted by molar-refractivity contribution is 5.99. The van der Waals surface area contributed by atoms with E-state index in [0.29, 0.717) is 5.56 Å². The average molecular weight is 235 g/mol. The van der Waals surface area contributed by atoms with E-state index in [1.165, 1.54) is 19.1 Å². The standard InChI is InChI=1S/C14H18FNO/c1-10-5-7-16(8-6-10)14-4-3-12(15)9-13(14)11(2)17/h3-4,9-10H,5-8H2,1-2H3. The van der Waals surface area contributed by atoms with Gasteiger partial charge in [0.25, 0.3) is 0 Å². The predicted molar refractivity (Wildman–Crippen MR) is 67.0 cm³/mol. The van der Waals surface area contributed by atoms with Crippen LogP contribution in [0.15, 0.2) is 18.2 Å². The molecule has 2 rings (SSSR count). The van der Waals surface area contributed by atoms with Crippen LogP contribution in [0.5, 0.6) is 0 Å². The first kappa shape index (κ1) is 12.1. The van der Waals surface area contributed by atoms with Crippen LogP contribution in [0.25, 0.3) is 0 Å². The fourth-order valence-corrected chi connectivity index (χ4v) is 2.32. The molecule has 1 heterocycles. The molecule has 1 fully saturated rings. The van der Waals surface area contributed by atoms with Crippen molar-refractivity contribution in [2.45, 2.75) is 26.7 Å². The number of hydrogen-bond acceptors (Lipinski definition) is 2. The van der Waals surface area contributed by atoms with Gasteiger partial charge in [0.05, 0.1) is 0 Å². The molecule has 1 aromatic carbocycles. The van der Waals surface area contributed by atoms with E-state index in [1.54, 1.807) is 6.07 Å². The molecule has 1 aliphatic heterocycles. The zero-order valence-corrected chi connectivity index (χ0v) is 10.4. The molecule has 0 spiro atoms. The summed E-state index contributed by atoms with van der Waals surface area (Å²) in [6.45, 7) is 5.64. The second-order valence-corrected chi connectivity index (χ2v) is 4.89. The number of anilines is 1. The van der Waals surface area contributed by atoms with Crippen molar-refractivity contribution in [3.63, 3.8) is 0 Å². The van der Waals surface area contributed by atoms with Gasteiger partial charge in [-0.1, -0.05) is 6.92 Å². The van der Waals surface area contributed by atoms with Gasteiger partial charge in [0.1, 0.15) is 5.82 Å². The second-order valence-electron chi connectivity index (χ2n) is 4.89. The topological polar surface area (TPSA) is 20.3 Å². The molecule has 1 aromatic rings. The normalized spacial score (nSPS) is 17.2. The van der Waals surface area contributed by atoms with E-state index in [9.17, 15) is 9.18 Å². The summed E-state index contributed by atoms with van der Waals surface area (Å²) < 4.78 is 13.2. The fraction of sp³-hybridized carbons (Fsp3) is 0.500. The quantitative estimate of drug-likeness (QED) is 0.733. The first-order valence-corrected chi connectivity index (χ1v) is 6.13. The summed E-state index contributed by atoms with van der Waals surface area (Å²) in [6.07, 6.45) is 2.27. The SMILES string of the molecule is CC(=O)c1cc(F)ccc1N1CCC(C)CC1. The number of rotatable bonds is 2. The van der Waals surface area contributed by atoms with Gasteiger partial charge in [0.15, 0.2) is 5.78 Å². The number of hydrogen-bond donors (Lipinski definition) is 0. The van der Waals surface area contributed by atoms with Crippen molar-refractivity contribution in [2.24, 2.45) is 5.92 Å². The lowest BCUT2D eigenvalue weighted by Crippen LogP contribution is -2.33. The highest BCUT2D eigenvalue weighted by atomic mass is 19.1. The van der Waals surface area contributed by atoms with Crippen LogP contribution in [0.4, 0.5) is 10.1 Å². The number of carbonyl (C=O) groups is 1. The third-order valence-corrected chi connectivity index (χ3v) is 3.46. The first-order valence-electron chi connectivity index (χ1n) is 6.13. The molecule has 1 aliphatic rings. The summed E-state index contributed by atoms with van der Waals surface area (Å²) in [5.74, 6) is 0.329. The zero-order valence-electron chi connectivity index (χ0n) is 10.4. The number of halogens is 1. The van der Waals surface area contributed by atoms with Gasteiger partial charge in [0.2, 0.25) is 0 Å². The maximum absolute atomic E-state index is 13.2. The molecule has 92 valence electrons. The first-order chi connectivity index (χ1) is 8.08. The molecule has 0 amide bonds. The van der Waals surface area contributed by atoms with Gasteiger partial charge in [-0.25, -0.2) is 4.39 Å². The van der Waals surface area contributed by atoms with Crippen molar-refractivity contribution >= 4 is 11.5 Å². The van der Waals surface area contributed by atoms with Crippen molar-refractivity contribution < 1.29 is 9.18 Å². The van der Waals surface area contributed by atoms with Crippen molar-refractivity contribution in [3.8, 4) is 0 Å². The molecule has 17 heavy (non-hydrogen) atoms. The molecule has 3 heteroatoms. The van der Waals surface area contributed by atoms with E-state index in [-0.39, 0.29) is 11.6 Å². The lowest BCUT2D eigenvalue weighted by molar-refractivity contribution is 0.101. The molecule has 0 aromatic heterocycles. The highest BCUT2D eigenvalue weighted by Gasteiger charge is 2.19. The van der Waals surface area contributed by atoms with Gasteiger partial charge in [-0.2, -0.15) is 0 Å². The molecule has 0 bridgehead atoms. The summed E-state index contributed by atoms with van der Waals surface area (Å²) in [6, 6.07) is 4.50. The molecule has 0 saturated carbocycles. The van der Waals surface area contributed by atoms with E-state index < -0.39 is 0 Å². The van der Waals surface area contributed by atoms with Crippen LogP contribution >= 0.6 is 0 Å². The zero-order chi connectivity index (χ0) is 12.4. The lowest BCUT2D eigenvalue weighted by atomic mass is 9.97. The van der Waals surface area contributed by atoms with Crippen LogP contribution in [0, 0.1) is 11.7 Å². The van der Waals surface area contributed by atoms with Crippen LogP contribution < -0.4 is 4.90 Å². The van der Waals surface area contributed by atoms with E-state index in [4.69, 9.17) is 0 Å². The van der Waals surface area contributed by atoms with Crippen LogP contribution in [-0.2, 0) is 0 Å². The van der Waals surface area contributed by atoms with Crippen LogP contribution in [0.1, 0.15) is 37.0 Å². The minimum Gasteiger partial charge on any atom is -0.371 e. The third-order valence-electron chi connectivity index (χ3n) is 3.46. The van der Waals surface area contributed by atoms with Gasteiger partial charge < -0.3 is 4.90 Å². The van der Waals surface area contributed by atoms with Crippen LogP contribution in [0.3, 0.4) is 0 Å². The van der Waals surface area contributed by atoms with E-state index in [1.807, 2.05) is 0 Å². The monoisotopic (exact) mass is 235 g/mol. The number of nitrogens with zero attached hydrogens (tertiary/aromatic N) is 1. The molecule has 1 saturated heterocycles. The second kappa shape index (κ2) is 4.86. The largest absolute Gasteiger partial charge is 0.371 e. The Balaban J connectivity index is 2.28. The Kier molecular flexibility index (Phi) is 3.46. The van der Waals surface area contributed by atoms with E-state index >= 15 is 0 Å². The van der Waals surface area contributed by atoms with Crippen molar-refractivity contribution in [1.82, 2.24) is 0 Å². The summed E-state index contributed by atoms with van der Waals surface area (Å²) in [4.78, 5) is 13.7. The van der Waals surface area contributed by atoms with Crippen molar-refractivity contribution in [1.29, 1.82) is 0 Å². The molecule has 0 atom stereocenters. The van der Waals surface area contributed by atoms with Gasteiger partial charge >= 0.3 is 0 Å². The van der Waals surface area contributed by atoms with Crippen molar-refractivity contribution in [3.05, 3.63) is 29.6 Å².